The Bertz CT molecular complexity index is 1250. The maximum atomic E-state index is 12.8. The van der Waals surface area contributed by atoms with Crippen LogP contribution in [-0.2, 0) is 13.0 Å². The Balaban J connectivity index is 0.950. The number of nitrogens with zero attached hydrogens (tertiary/aromatic N) is 4. The van der Waals surface area contributed by atoms with Gasteiger partial charge in [0, 0.05) is 35.8 Å². The Labute approximate surface area is 223 Å². The number of carbonyl (C=O) groups excluding carboxylic acids is 1. The van der Waals surface area contributed by atoms with Gasteiger partial charge in [0.2, 0.25) is 0 Å². The van der Waals surface area contributed by atoms with Crippen molar-refractivity contribution in [1.82, 2.24) is 14.9 Å². The number of fused-ring (bicyclic) bond motifs is 2. The van der Waals surface area contributed by atoms with Gasteiger partial charge in [-0.1, -0.05) is 23.5 Å². The van der Waals surface area contributed by atoms with Crippen LogP contribution in [0.1, 0.15) is 78.7 Å². The third-order valence-electron chi connectivity index (χ3n) is 8.38. The Kier molecular flexibility index (Phi) is 7.60. The molecule has 0 radical (unpaired) electrons. The molecule has 0 spiro atoms. The summed E-state index contributed by atoms with van der Waals surface area (Å²) in [4.78, 5) is 30.3. The van der Waals surface area contributed by atoms with Crippen molar-refractivity contribution < 1.29 is 9.53 Å². The summed E-state index contributed by atoms with van der Waals surface area (Å²) in [6.45, 7) is 3.24. The van der Waals surface area contributed by atoms with Crippen LogP contribution in [0.5, 0.6) is 5.19 Å². The zero-order valence-corrected chi connectivity index (χ0v) is 22.3. The molecule has 3 aromatic rings. The molecule has 0 bridgehead atoms. The lowest BCUT2D eigenvalue weighted by Crippen LogP contribution is -2.32. The highest BCUT2D eigenvalue weighted by atomic mass is 32.1. The molecule has 3 aliphatic rings. The number of hydrogen-bond acceptors (Lipinski definition) is 6. The first-order valence-corrected chi connectivity index (χ1v) is 14.8. The van der Waals surface area contributed by atoms with E-state index in [1.807, 2.05) is 36.5 Å². The highest BCUT2D eigenvalue weighted by Gasteiger charge is 2.26. The van der Waals surface area contributed by atoms with E-state index in [2.05, 4.69) is 14.9 Å². The fourth-order valence-electron chi connectivity index (χ4n) is 6.14. The fourth-order valence-corrected chi connectivity index (χ4v) is 7.11. The molecular weight excluding hydrogens is 480 g/mol. The number of carbonyl (C=O) groups is 1. The van der Waals surface area contributed by atoms with E-state index in [-0.39, 0.29) is 5.91 Å². The standard InChI is InChI=1S/C30H36N4O2S/c35-29(25-7-3-9-26-24(25)8-4-16-31-26)32-19-22-12-10-21(11-13-22)14-17-34-18-15-28-27(20-34)33-30(37-28)36-23-5-1-2-6-23/h3-4,7-9,16,19,21-23H,1-2,5-6,10-15,17-18,20H2. The van der Waals surface area contributed by atoms with Gasteiger partial charge in [-0.3, -0.25) is 14.7 Å². The largest absolute Gasteiger partial charge is 0.467 e. The minimum absolute atomic E-state index is 0.163. The minimum atomic E-state index is -0.163. The average Bonchev–Trinajstić information content (AvgIpc) is 3.60. The predicted octanol–water partition coefficient (Wildman–Crippen LogP) is 6.48. The topological polar surface area (TPSA) is 67.7 Å². The van der Waals surface area contributed by atoms with Crippen molar-refractivity contribution in [2.75, 3.05) is 13.1 Å². The molecule has 2 aromatic heterocycles. The molecule has 0 unspecified atom stereocenters. The van der Waals surface area contributed by atoms with Crippen LogP contribution in [0.4, 0.5) is 0 Å². The number of hydrogen-bond donors (Lipinski definition) is 0. The predicted molar refractivity (Wildman–Crippen MR) is 149 cm³/mol. The first kappa shape index (κ1) is 24.7. The van der Waals surface area contributed by atoms with Gasteiger partial charge in [0.05, 0.1) is 16.8 Å². The molecule has 7 heteroatoms. The summed E-state index contributed by atoms with van der Waals surface area (Å²) in [6.07, 6.45) is 16.0. The van der Waals surface area contributed by atoms with Gasteiger partial charge >= 0.3 is 0 Å². The molecule has 0 saturated heterocycles. The number of ether oxygens (including phenoxy) is 1. The summed E-state index contributed by atoms with van der Waals surface area (Å²) in [6, 6.07) is 9.46. The van der Waals surface area contributed by atoms with Crippen molar-refractivity contribution in [2.45, 2.75) is 76.9 Å². The maximum Gasteiger partial charge on any atom is 0.277 e. The monoisotopic (exact) mass is 516 g/mol. The maximum absolute atomic E-state index is 12.8. The summed E-state index contributed by atoms with van der Waals surface area (Å²) in [5.74, 6) is 1.01. The third-order valence-corrected chi connectivity index (χ3v) is 9.43. The van der Waals surface area contributed by atoms with Crippen LogP contribution in [0.2, 0.25) is 0 Å². The molecule has 37 heavy (non-hydrogen) atoms. The van der Waals surface area contributed by atoms with Crippen LogP contribution in [-0.4, -0.2) is 46.2 Å². The number of aromatic nitrogens is 2. The molecular formula is C30H36N4O2S. The van der Waals surface area contributed by atoms with Crippen LogP contribution in [0.25, 0.3) is 10.9 Å². The van der Waals surface area contributed by atoms with E-state index in [0.717, 1.165) is 60.9 Å². The summed E-state index contributed by atoms with van der Waals surface area (Å²) < 4.78 is 6.16. The van der Waals surface area contributed by atoms with Gasteiger partial charge in [-0.15, -0.1) is 0 Å². The van der Waals surface area contributed by atoms with Gasteiger partial charge in [-0.05, 0) is 101 Å². The van der Waals surface area contributed by atoms with Crippen LogP contribution in [0.15, 0.2) is 41.5 Å². The minimum Gasteiger partial charge on any atom is -0.467 e. The zero-order valence-electron chi connectivity index (χ0n) is 21.5. The van der Waals surface area contributed by atoms with Crippen LogP contribution < -0.4 is 4.74 Å². The number of aliphatic imine (C=N–C) groups is 1. The molecule has 1 aromatic carbocycles. The molecule has 2 aliphatic carbocycles. The Morgan fingerprint density at radius 3 is 2.84 bits per heavy atom. The number of thiazole rings is 1. The second-order valence-electron chi connectivity index (χ2n) is 10.9. The second-order valence-corrected chi connectivity index (χ2v) is 12.0. The second kappa shape index (κ2) is 11.4. The van der Waals surface area contributed by atoms with Gasteiger partial charge in [-0.2, -0.15) is 0 Å². The SMILES string of the molecule is O=C(N=CC1CCC(CCN2CCc3sc(OC4CCCC4)nc3C2)CC1)c1cccc2ncccc12. The van der Waals surface area contributed by atoms with Crippen molar-refractivity contribution in [1.29, 1.82) is 0 Å². The van der Waals surface area contributed by atoms with E-state index in [4.69, 9.17) is 9.72 Å². The molecule has 0 N–H and O–H groups in total. The average molecular weight is 517 g/mol. The van der Waals surface area contributed by atoms with E-state index in [1.54, 1.807) is 17.5 Å². The van der Waals surface area contributed by atoms with E-state index in [9.17, 15) is 4.79 Å². The number of pyridine rings is 1. The normalized spacial score (nSPS) is 23.0. The van der Waals surface area contributed by atoms with Gasteiger partial charge in [0.15, 0.2) is 0 Å². The van der Waals surface area contributed by atoms with Crippen LogP contribution in [0.3, 0.4) is 0 Å². The lowest BCUT2D eigenvalue weighted by Gasteiger charge is -2.30. The molecule has 1 aliphatic heterocycles. The van der Waals surface area contributed by atoms with Crippen molar-refractivity contribution >= 4 is 34.4 Å². The molecule has 2 saturated carbocycles. The summed E-state index contributed by atoms with van der Waals surface area (Å²) in [5, 5.41) is 1.77. The highest BCUT2D eigenvalue weighted by molar-refractivity contribution is 7.13. The van der Waals surface area contributed by atoms with Crippen LogP contribution in [0, 0.1) is 11.8 Å². The van der Waals surface area contributed by atoms with Crippen molar-refractivity contribution in [2.24, 2.45) is 16.8 Å². The van der Waals surface area contributed by atoms with Crippen molar-refractivity contribution in [3.63, 3.8) is 0 Å². The molecule has 3 heterocycles. The van der Waals surface area contributed by atoms with E-state index in [0.29, 0.717) is 17.6 Å². The molecule has 1 amide bonds. The molecule has 194 valence electrons. The lowest BCUT2D eigenvalue weighted by molar-refractivity contribution is 0.100. The lowest BCUT2D eigenvalue weighted by atomic mass is 9.81. The molecule has 6 nitrogen and oxygen atoms in total. The fraction of sp³-hybridized carbons (Fsp3) is 0.533. The molecule has 6 rings (SSSR count). The van der Waals surface area contributed by atoms with Gasteiger partial charge in [-0.25, -0.2) is 9.98 Å². The van der Waals surface area contributed by atoms with Gasteiger partial charge < -0.3 is 4.74 Å². The first-order valence-electron chi connectivity index (χ1n) is 14.0. The Morgan fingerprint density at radius 1 is 1.11 bits per heavy atom. The van der Waals surface area contributed by atoms with E-state index < -0.39 is 0 Å². The Hall–Kier alpha value is -2.64. The van der Waals surface area contributed by atoms with Crippen molar-refractivity contribution in [3.8, 4) is 5.19 Å². The van der Waals surface area contributed by atoms with E-state index in [1.165, 1.54) is 55.5 Å². The number of rotatable bonds is 7. The summed E-state index contributed by atoms with van der Waals surface area (Å²) in [5.41, 5.74) is 2.72. The smallest absolute Gasteiger partial charge is 0.277 e. The van der Waals surface area contributed by atoms with E-state index >= 15 is 0 Å². The summed E-state index contributed by atoms with van der Waals surface area (Å²) in [7, 11) is 0. The number of amides is 1. The molecule has 2 fully saturated rings. The highest BCUT2D eigenvalue weighted by Crippen LogP contribution is 2.34. The van der Waals surface area contributed by atoms with Gasteiger partial charge in [0.1, 0.15) is 6.10 Å². The quantitative estimate of drug-likeness (QED) is 0.336. The zero-order chi connectivity index (χ0) is 25.0. The van der Waals surface area contributed by atoms with Crippen molar-refractivity contribution in [3.05, 3.63) is 52.7 Å². The third kappa shape index (κ3) is 5.93. The van der Waals surface area contributed by atoms with Crippen LogP contribution >= 0.6 is 11.3 Å². The first-order chi connectivity index (χ1) is 18.2. The summed E-state index contributed by atoms with van der Waals surface area (Å²) >= 11 is 1.78. The van der Waals surface area contributed by atoms with Gasteiger partial charge in [0.25, 0.3) is 11.1 Å². The number of benzene rings is 1. The molecule has 0 atom stereocenters. The Morgan fingerprint density at radius 2 is 1.97 bits per heavy atom.